The molecule has 3 atom stereocenters. The van der Waals surface area contributed by atoms with Crippen LogP contribution in [0.1, 0.15) is 37.9 Å². The highest BCUT2D eigenvalue weighted by atomic mass is 15.3. The van der Waals surface area contributed by atoms with Gasteiger partial charge < -0.3 is 5.32 Å². The van der Waals surface area contributed by atoms with Crippen molar-refractivity contribution in [1.82, 2.24) is 15.1 Å². The monoisotopic (exact) mass is 289 g/mol. The van der Waals surface area contributed by atoms with Crippen molar-refractivity contribution in [3.05, 3.63) is 35.4 Å². The summed E-state index contributed by atoms with van der Waals surface area (Å²) in [5.41, 5.74) is 2.72. The van der Waals surface area contributed by atoms with Gasteiger partial charge >= 0.3 is 0 Å². The Hall–Kier alpha value is -0.900. The van der Waals surface area contributed by atoms with E-state index in [4.69, 9.17) is 0 Å². The largest absolute Gasteiger partial charge is 0.312 e. The summed E-state index contributed by atoms with van der Waals surface area (Å²) in [7, 11) is 2.08. The zero-order valence-corrected chi connectivity index (χ0v) is 14.3. The van der Waals surface area contributed by atoms with E-state index in [1.165, 1.54) is 30.8 Å². The summed E-state index contributed by atoms with van der Waals surface area (Å²) in [5.74, 6) is 0. The molecule has 0 saturated carbocycles. The molecule has 1 fully saturated rings. The Kier molecular flexibility index (Phi) is 5.80. The van der Waals surface area contributed by atoms with Gasteiger partial charge in [0.25, 0.3) is 0 Å². The number of hydrogen-bond acceptors (Lipinski definition) is 3. The van der Waals surface area contributed by atoms with Crippen molar-refractivity contribution in [2.75, 3.05) is 33.2 Å². The Morgan fingerprint density at radius 1 is 1.24 bits per heavy atom. The molecule has 3 unspecified atom stereocenters. The van der Waals surface area contributed by atoms with Crippen molar-refractivity contribution in [2.45, 2.75) is 45.8 Å². The Morgan fingerprint density at radius 2 is 1.90 bits per heavy atom. The molecule has 1 aromatic carbocycles. The van der Waals surface area contributed by atoms with Crippen LogP contribution in [-0.4, -0.2) is 55.1 Å². The smallest absolute Gasteiger partial charge is 0.0473 e. The number of hydrogen-bond donors (Lipinski definition) is 1. The maximum absolute atomic E-state index is 3.52. The normalized spacial score (nSPS) is 24.0. The van der Waals surface area contributed by atoms with E-state index in [2.05, 4.69) is 74.1 Å². The fourth-order valence-corrected chi connectivity index (χ4v) is 3.53. The van der Waals surface area contributed by atoms with Crippen LogP contribution in [-0.2, 0) is 0 Å². The molecular weight excluding hydrogens is 258 g/mol. The number of aryl methyl sites for hydroxylation is 1. The average molecular weight is 289 g/mol. The first-order valence-electron chi connectivity index (χ1n) is 8.28. The van der Waals surface area contributed by atoms with Crippen molar-refractivity contribution in [1.29, 1.82) is 0 Å². The first kappa shape index (κ1) is 16.5. The minimum Gasteiger partial charge on any atom is -0.312 e. The van der Waals surface area contributed by atoms with Gasteiger partial charge in [-0.05, 0) is 39.9 Å². The van der Waals surface area contributed by atoms with Crippen LogP contribution in [0.2, 0.25) is 0 Å². The lowest BCUT2D eigenvalue weighted by atomic mass is 9.97. The molecule has 3 nitrogen and oxygen atoms in total. The van der Waals surface area contributed by atoms with Crippen LogP contribution in [0.4, 0.5) is 0 Å². The summed E-state index contributed by atoms with van der Waals surface area (Å²) < 4.78 is 0. The molecule has 0 spiro atoms. The van der Waals surface area contributed by atoms with E-state index in [0.717, 1.165) is 6.54 Å². The maximum atomic E-state index is 3.52. The minimum absolute atomic E-state index is 0.394. The predicted octanol–water partition coefficient (Wildman–Crippen LogP) is 2.67. The molecule has 0 radical (unpaired) electrons. The summed E-state index contributed by atoms with van der Waals surface area (Å²) in [6, 6.07) is 10.5. The van der Waals surface area contributed by atoms with Crippen LogP contribution in [0.15, 0.2) is 24.3 Å². The Balaban J connectivity index is 2.06. The molecule has 21 heavy (non-hydrogen) atoms. The summed E-state index contributed by atoms with van der Waals surface area (Å²) in [6.07, 6.45) is 0. The number of piperazine rings is 1. The van der Waals surface area contributed by atoms with Crippen molar-refractivity contribution < 1.29 is 0 Å². The van der Waals surface area contributed by atoms with E-state index in [-0.39, 0.29) is 0 Å². The van der Waals surface area contributed by atoms with Gasteiger partial charge in [-0.3, -0.25) is 9.80 Å². The molecule has 1 aliphatic heterocycles. The number of nitrogens with zero attached hydrogens (tertiary/aromatic N) is 2. The Morgan fingerprint density at radius 3 is 2.43 bits per heavy atom. The lowest BCUT2D eigenvalue weighted by molar-refractivity contribution is 0.0523. The third-order valence-electron chi connectivity index (χ3n) is 5.01. The van der Waals surface area contributed by atoms with Crippen molar-refractivity contribution in [3.8, 4) is 0 Å². The van der Waals surface area contributed by atoms with Crippen LogP contribution >= 0.6 is 0 Å². The van der Waals surface area contributed by atoms with Gasteiger partial charge in [-0.2, -0.15) is 0 Å². The molecule has 1 heterocycles. The second-order valence-corrected chi connectivity index (χ2v) is 6.39. The molecule has 0 amide bonds. The first-order valence-corrected chi connectivity index (χ1v) is 8.28. The summed E-state index contributed by atoms with van der Waals surface area (Å²) in [5, 5.41) is 3.52. The summed E-state index contributed by atoms with van der Waals surface area (Å²) in [6.45, 7) is 13.8. The molecule has 1 N–H and O–H groups in total. The standard InChI is InChI=1S/C18H31N3/c1-6-20-11-12-21(13-15(20)3)16(4)18(19-5)17-9-7-14(2)8-10-17/h7-10,15-16,18-19H,6,11-13H2,1-5H3. The van der Waals surface area contributed by atoms with Gasteiger partial charge in [-0.25, -0.2) is 0 Å². The van der Waals surface area contributed by atoms with E-state index >= 15 is 0 Å². The predicted molar refractivity (Wildman–Crippen MR) is 90.7 cm³/mol. The van der Waals surface area contributed by atoms with E-state index in [1.807, 2.05) is 0 Å². The van der Waals surface area contributed by atoms with Gasteiger partial charge in [0.1, 0.15) is 0 Å². The highest BCUT2D eigenvalue weighted by Gasteiger charge is 2.29. The number of rotatable bonds is 5. The minimum atomic E-state index is 0.394. The zero-order valence-electron chi connectivity index (χ0n) is 14.3. The fourth-order valence-electron chi connectivity index (χ4n) is 3.53. The molecule has 0 bridgehead atoms. The lowest BCUT2D eigenvalue weighted by Crippen LogP contribution is -2.56. The van der Waals surface area contributed by atoms with E-state index < -0.39 is 0 Å². The fraction of sp³-hybridized carbons (Fsp3) is 0.667. The van der Waals surface area contributed by atoms with Crippen LogP contribution in [0, 0.1) is 6.92 Å². The molecule has 1 aliphatic rings. The first-order chi connectivity index (χ1) is 10.1. The van der Waals surface area contributed by atoms with Crippen LogP contribution in [0.5, 0.6) is 0 Å². The van der Waals surface area contributed by atoms with Gasteiger partial charge in [0.2, 0.25) is 0 Å². The van der Waals surface area contributed by atoms with E-state index in [1.54, 1.807) is 0 Å². The van der Waals surface area contributed by atoms with Crippen LogP contribution < -0.4 is 5.32 Å². The van der Waals surface area contributed by atoms with Gasteiger partial charge in [0, 0.05) is 37.8 Å². The lowest BCUT2D eigenvalue weighted by Gasteiger charge is -2.44. The Bertz CT molecular complexity index is 429. The molecule has 1 aromatic rings. The van der Waals surface area contributed by atoms with Gasteiger partial charge in [-0.1, -0.05) is 36.8 Å². The average Bonchev–Trinajstić information content (AvgIpc) is 2.49. The summed E-state index contributed by atoms with van der Waals surface area (Å²) in [4.78, 5) is 5.21. The second kappa shape index (κ2) is 7.39. The molecule has 3 heteroatoms. The Labute approximate surface area is 130 Å². The number of likely N-dealkylation sites (N-methyl/N-ethyl adjacent to an activating group) is 2. The quantitative estimate of drug-likeness (QED) is 0.899. The van der Waals surface area contributed by atoms with Crippen molar-refractivity contribution in [3.63, 3.8) is 0 Å². The number of benzene rings is 1. The van der Waals surface area contributed by atoms with Crippen LogP contribution in [0.25, 0.3) is 0 Å². The third-order valence-corrected chi connectivity index (χ3v) is 5.01. The van der Waals surface area contributed by atoms with Crippen molar-refractivity contribution in [2.24, 2.45) is 0 Å². The molecule has 1 saturated heterocycles. The highest BCUT2D eigenvalue weighted by Crippen LogP contribution is 2.23. The van der Waals surface area contributed by atoms with Crippen LogP contribution in [0.3, 0.4) is 0 Å². The van der Waals surface area contributed by atoms with Gasteiger partial charge in [0.15, 0.2) is 0 Å². The second-order valence-electron chi connectivity index (χ2n) is 6.39. The van der Waals surface area contributed by atoms with E-state index in [9.17, 15) is 0 Å². The molecule has 118 valence electrons. The third kappa shape index (κ3) is 3.85. The zero-order chi connectivity index (χ0) is 15.4. The molecule has 0 aliphatic carbocycles. The topological polar surface area (TPSA) is 18.5 Å². The van der Waals surface area contributed by atoms with E-state index in [0.29, 0.717) is 18.1 Å². The van der Waals surface area contributed by atoms with Gasteiger partial charge in [-0.15, -0.1) is 0 Å². The SMILES string of the molecule is CCN1CCN(C(C)C(NC)c2ccc(C)cc2)CC1C. The maximum Gasteiger partial charge on any atom is 0.0473 e. The molecule has 2 rings (SSSR count). The molecule has 0 aromatic heterocycles. The summed E-state index contributed by atoms with van der Waals surface area (Å²) >= 11 is 0. The number of nitrogens with one attached hydrogen (secondary N) is 1. The van der Waals surface area contributed by atoms with Gasteiger partial charge in [0.05, 0.1) is 0 Å². The van der Waals surface area contributed by atoms with Crippen molar-refractivity contribution >= 4 is 0 Å². The highest BCUT2D eigenvalue weighted by molar-refractivity contribution is 5.25. The molecular formula is C18H31N3.